The van der Waals surface area contributed by atoms with Crippen LogP contribution in [0.15, 0.2) is 255 Å². The molecule has 0 nitrogen and oxygen atoms in total. The van der Waals surface area contributed by atoms with E-state index in [-0.39, 0.29) is 27.1 Å². The average molecular weight is 1260 g/mol. The zero-order valence-corrected chi connectivity index (χ0v) is 59.5. The Balaban J connectivity index is 0.000000349. The Hall–Kier alpha value is -10.1. The van der Waals surface area contributed by atoms with Crippen molar-refractivity contribution in [2.75, 3.05) is 0 Å². The zero-order valence-electron chi connectivity index (χ0n) is 59.5. The van der Waals surface area contributed by atoms with Gasteiger partial charge in [0.2, 0.25) is 0 Å². The molecule has 13 aromatic carbocycles. The van der Waals surface area contributed by atoms with Gasteiger partial charge in [0.05, 0.1) is 0 Å². The van der Waals surface area contributed by atoms with Crippen molar-refractivity contribution in [3.8, 4) is 100 Å². The molecule has 0 bridgehead atoms. The molecular formula is C98H86. The molecule has 0 heterocycles. The van der Waals surface area contributed by atoms with E-state index in [1.165, 1.54) is 205 Å². The fourth-order valence-electron chi connectivity index (χ4n) is 18.7. The van der Waals surface area contributed by atoms with Crippen molar-refractivity contribution in [1.29, 1.82) is 0 Å². The van der Waals surface area contributed by atoms with Crippen molar-refractivity contribution in [3.63, 3.8) is 0 Å². The third-order valence-electron chi connectivity index (χ3n) is 23.8. The Morgan fingerprint density at radius 3 is 1.40 bits per heavy atom. The molecule has 98 heavy (non-hydrogen) atoms. The van der Waals surface area contributed by atoms with Gasteiger partial charge in [-0.25, -0.2) is 0 Å². The van der Waals surface area contributed by atoms with E-state index in [1.54, 1.807) is 0 Å². The SMILES string of the molecule is C=C/C=C(\C=C1/Cc2ccccc2C1(C)C)c1c2c(c(-c3ccc4c(c3)C(C)(C)c3ccccc3-4)c3cc(C(C)(C)C)ccc13)-c1ccc3c4c(ccc-2c14)-c1c-3cc2ccccc2c1-c1ccc2c(c1)C(C)(C)c1ccccc1-2.CC.Cc1ccc2c(c1)C(C)(C)c1ccccc1-2. The molecule has 0 spiro atoms. The summed E-state index contributed by atoms with van der Waals surface area (Å²) in [6, 6.07) is 86.5. The molecular weight excluding hydrogens is 1180 g/mol. The molecule has 19 rings (SSSR count). The highest BCUT2D eigenvalue weighted by atomic mass is 14.4. The summed E-state index contributed by atoms with van der Waals surface area (Å²) in [6.07, 6.45) is 7.79. The fourth-order valence-corrected chi connectivity index (χ4v) is 18.7. The summed E-state index contributed by atoms with van der Waals surface area (Å²) in [5.41, 5.74) is 41.5. The fraction of sp³-hybridized carbons (Fsp3) is 0.204. The Kier molecular flexibility index (Phi) is 13.6. The molecule has 0 fully saturated rings. The maximum atomic E-state index is 4.45. The number of aryl methyl sites for hydroxylation is 1. The van der Waals surface area contributed by atoms with Crippen LogP contribution in [0.25, 0.3) is 138 Å². The second-order valence-corrected chi connectivity index (χ2v) is 31.5. The summed E-state index contributed by atoms with van der Waals surface area (Å²) in [4.78, 5) is 0. The van der Waals surface area contributed by atoms with Crippen LogP contribution in [-0.2, 0) is 33.5 Å². The van der Waals surface area contributed by atoms with Gasteiger partial charge in [-0.2, -0.15) is 0 Å². The highest BCUT2D eigenvalue weighted by molar-refractivity contribution is 6.33. The largest absolute Gasteiger partial charge is 0.0990 e. The van der Waals surface area contributed by atoms with Gasteiger partial charge >= 0.3 is 0 Å². The van der Waals surface area contributed by atoms with Gasteiger partial charge < -0.3 is 0 Å². The minimum absolute atomic E-state index is 0.0786. The van der Waals surface area contributed by atoms with Crippen molar-refractivity contribution in [3.05, 3.63) is 316 Å². The van der Waals surface area contributed by atoms with E-state index >= 15 is 0 Å². The van der Waals surface area contributed by atoms with Gasteiger partial charge in [-0.1, -0.05) is 326 Å². The molecule has 0 unspecified atom stereocenters. The number of hydrogen-bond donors (Lipinski definition) is 0. The lowest BCUT2D eigenvalue weighted by Gasteiger charge is -2.26. The number of fused-ring (bicyclic) bond motifs is 18. The van der Waals surface area contributed by atoms with E-state index in [2.05, 4.69) is 326 Å². The van der Waals surface area contributed by atoms with Crippen LogP contribution in [0.5, 0.6) is 0 Å². The topological polar surface area (TPSA) is 0 Å². The van der Waals surface area contributed by atoms with Crippen molar-refractivity contribution in [2.24, 2.45) is 0 Å². The first-order valence-electron chi connectivity index (χ1n) is 35.8. The lowest BCUT2D eigenvalue weighted by Crippen LogP contribution is -2.15. The highest BCUT2D eigenvalue weighted by Crippen LogP contribution is 2.64. The van der Waals surface area contributed by atoms with Crippen LogP contribution in [0.1, 0.15) is 151 Å². The van der Waals surface area contributed by atoms with Gasteiger partial charge in [0.25, 0.3) is 0 Å². The van der Waals surface area contributed by atoms with E-state index in [9.17, 15) is 0 Å². The van der Waals surface area contributed by atoms with Crippen LogP contribution in [0.4, 0.5) is 0 Å². The van der Waals surface area contributed by atoms with Crippen LogP contribution in [0, 0.1) is 6.92 Å². The maximum Gasteiger partial charge on any atom is 0.0159 e. The van der Waals surface area contributed by atoms with Gasteiger partial charge in [-0.15, -0.1) is 0 Å². The summed E-state index contributed by atoms with van der Waals surface area (Å²) in [5, 5.41) is 7.84. The molecule has 0 aromatic heterocycles. The zero-order chi connectivity index (χ0) is 67.9. The molecule has 13 aromatic rings. The van der Waals surface area contributed by atoms with Crippen molar-refractivity contribution in [2.45, 2.75) is 130 Å². The third-order valence-corrected chi connectivity index (χ3v) is 23.8. The van der Waals surface area contributed by atoms with Gasteiger partial charge in [0.15, 0.2) is 0 Å². The summed E-state index contributed by atoms with van der Waals surface area (Å²) in [7, 11) is 0. The normalized spacial score (nSPS) is 16.1. The summed E-state index contributed by atoms with van der Waals surface area (Å²) < 4.78 is 0. The van der Waals surface area contributed by atoms with Crippen LogP contribution in [0.2, 0.25) is 0 Å². The Labute approximate surface area is 580 Å². The molecule has 0 atom stereocenters. The van der Waals surface area contributed by atoms with Crippen molar-refractivity contribution < 1.29 is 0 Å². The van der Waals surface area contributed by atoms with Gasteiger partial charge in [-0.3, -0.25) is 0 Å². The van der Waals surface area contributed by atoms with Gasteiger partial charge in [0.1, 0.15) is 0 Å². The number of rotatable bonds is 5. The summed E-state index contributed by atoms with van der Waals surface area (Å²) in [6.45, 7) is 36.8. The number of benzene rings is 13. The molecule has 478 valence electrons. The Bertz CT molecular complexity index is 5730. The predicted octanol–water partition coefficient (Wildman–Crippen LogP) is 27.0. The molecule has 6 aliphatic carbocycles. The molecule has 0 radical (unpaired) electrons. The highest BCUT2D eigenvalue weighted by Gasteiger charge is 2.42. The summed E-state index contributed by atoms with van der Waals surface area (Å²) in [5.74, 6) is 0. The molecule has 6 aliphatic rings. The third kappa shape index (κ3) is 8.62. The number of allylic oxidation sites excluding steroid dienone is 5. The van der Waals surface area contributed by atoms with Crippen LogP contribution < -0.4 is 0 Å². The standard InChI is InChI=1S/C80H64.C16H16.C2H6/c1-11-20-47(40-51-39-46-22-13-17-26-64(46)78(51,5)6)70-57-34-31-50(77(2,3)4)44-63(57)71(49-30-33-56-54-25-16-19-28-66(54)80(9,10)68(56)43-49)76-60-36-35-58-62-41-45-21-12-14-23-52(45)69(74(62)59-37-38-61(75(70)76)73(60)72(58)59)48-29-32-55-53-24-15-18-27-65(53)79(7,8)67(55)42-48;1-11-8-9-13-12-6-4-5-7-14(12)16(2,3)15(13)10-11;1-2/h11-38,40-44H,1,39H2,2-10H3;4-10H,1-3H3;1-2H3/b47-20+,51-40+;;. The van der Waals surface area contributed by atoms with Crippen molar-refractivity contribution in [1.82, 2.24) is 0 Å². The second kappa shape index (κ2) is 21.7. The molecule has 0 saturated carbocycles. The molecule has 0 aliphatic heterocycles. The monoisotopic (exact) mass is 1260 g/mol. The number of hydrogen-bond acceptors (Lipinski definition) is 0. The minimum Gasteiger partial charge on any atom is -0.0990 e. The van der Waals surface area contributed by atoms with E-state index < -0.39 is 0 Å². The lowest BCUT2D eigenvalue weighted by molar-refractivity contribution is 0.591. The second-order valence-electron chi connectivity index (χ2n) is 31.5. The predicted molar refractivity (Wildman–Crippen MR) is 422 cm³/mol. The van der Waals surface area contributed by atoms with E-state index in [0.717, 1.165) is 6.42 Å². The first-order chi connectivity index (χ1) is 47.2. The molecule has 0 N–H and O–H groups in total. The van der Waals surface area contributed by atoms with Crippen LogP contribution in [-0.4, -0.2) is 0 Å². The lowest BCUT2D eigenvalue weighted by atomic mass is 9.77. The van der Waals surface area contributed by atoms with Crippen LogP contribution >= 0.6 is 0 Å². The molecule has 0 amide bonds. The first-order valence-corrected chi connectivity index (χ1v) is 35.8. The minimum atomic E-state index is -0.160. The summed E-state index contributed by atoms with van der Waals surface area (Å²) >= 11 is 0. The van der Waals surface area contributed by atoms with E-state index in [4.69, 9.17) is 0 Å². The van der Waals surface area contributed by atoms with Gasteiger partial charge in [0, 0.05) is 21.7 Å². The van der Waals surface area contributed by atoms with Gasteiger partial charge in [-0.05, 0) is 237 Å². The van der Waals surface area contributed by atoms with Crippen molar-refractivity contribution >= 4 is 37.9 Å². The Morgan fingerprint density at radius 1 is 0.367 bits per heavy atom. The smallest absolute Gasteiger partial charge is 0.0159 e. The Morgan fingerprint density at radius 2 is 0.827 bits per heavy atom. The molecule has 0 heteroatoms. The van der Waals surface area contributed by atoms with Crippen LogP contribution in [0.3, 0.4) is 0 Å². The maximum absolute atomic E-state index is 4.45. The average Bonchev–Trinajstić information content (AvgIpc) is 1.50. The van der Waals surface area contributed by atoms with E-state index in [1.807, 2.05) is 19.9 Å². The molecule has 0 saturated heterocycles. The first kappa shape index (κ1) is 61.5. The van der Waals surface area contributed by atoms with E-state index in [0.29, 0.717) is 0 Å². The quantitative estimate of drug-likeness (QED) is 0.151.